The molecule has 0 aromatic carbocycles. The standard InChI is InChI=1S/C13H17N5O2/c1-7(2)10(11(14)19)18-13(20)17-9-5-8-3-4-15-12(8)16-6-9/h3-7,10H,1-2H3,(H2,14,19)(H,15,16)(H2,17,18,20)/t10-/m0/s1. The molecule has 7 nitrogen and oxygen atoms in total. The molecule has 0 aliphatic rings. The number of rotatable bonds is 4. The number of pyridine rings is 1. The van der Waals surface area contributed by atoms with E-state index in [1.807, 2.05) is 19.9 Å². The predicted molar refractivity (Wildman–Crippen MR) is 76.1 cm³/mol. The molecule has 0 aliphatic heterocycles. The van der Waals surface area contributed by atoms with Gasteiger partial charge in [0.05, 0.1) is 11.9 Å². The Morgan fingerprint density at radius 1 is 1.40 bits per heavy atom. The molecule has 5 N–H and O–H groups in total. The van der Waals surface area contributed by atoms with E-state index in [9.17, 15) is 9.59 Å². The highest BCUT2D eigenvalue weighted by atomic mass is 16.2. The fraction of sp³-hybridized carbons (Fsp3) is 0.308. The van der Waals surface area contributed by atoms with Gasteiger partial charge in [0.15, 0.2) is 0 Å². The monoisotopic (exact) mass is 275 g/mol. The molecule has 3 amide bonds. The van der Waals surface area contributed by atoms with E-state index < -0.39 is 18.0 Å². The molecule has 0 aliphatic carbocycles. The lowest BCUT2D eigenvalue weighted by atomic mass is 10.0. The van der Waals surface area contributed by atoms with Gasteiger partial charge in [0.2, 0.25) is 5.91 Å². The SMILES string of the molecule is CC(C)[C@H](NC(=O)Nc1cnc2[nH]ccc2c1)C(N)=O. The Hall–Kier alpha value is -2.57. The summed E-state index contributed by atoms with van der Waals surface area (Å²) >= 11 is 0. The molecule has 0 saturated heterocycles. The molecule has 0 bridgehead atoms. The third-order valence-electron chi connectivity index (χ3n) is 2.92. The van der Waals surface area contributed by atoms with Gasteiger partial charge in [-0.05, 0) is 18.1 Å². The molecule has 0 unspecified atom stereocenters. The number of fused-ring (bicyclic) bond motifs is 1. The number of carbonyl (C=O) groups excluding carboxylic acids is 2. The van der Waals surface area contributed by atoms with E-state index >= 15 is 0 Å². The molecule has 0 spiro atoms. The van der Waals surface area contributed by atoms with Crippen LogP contribution in [0.3, 0.4) is 0 Å². The molecule has 2 heterocycles. The average molecular weight is 275 g/mol. The molecule has 0 radical (unpaired) electrons. The molecule has 0 saturated carbocycles. The van der Waals surface area contributed by atoms with Crippen molar-refractivity contribution in [2.45, 2.75) is 19.9 Å². The van der Waals surface area contributed by atoms with Crippen LogP contribution in [0.5, 0.6) is 0 Å². The van der Waals surface area contributed by atoms with Crippen LogP contribution in [-0.2, 0) is 4.79 Å². The molecule has 1 atom stereocenters. The van der Waals surface area contributed by atoms with Gasteiger partial charge in [-0.2, -0.15) is 0 Å². The summed E-state index contributed by atoms with van der Waals surface area (Å²) in [4.78, 5) is 30.2. The summed E-state index contributed by atoms with van der Waals surface area (Å²) in [5.41, 5.74) is 6.53. The van der Waals surface area contributed by atoms with Crippen molar-refractivity contribution in [3.8, 4) is 0 Å². The van der Waals surface area contributed by atoms with Crippen molar-refractivity contribution in [2.24, 2.45) is 11.7 Å². The number of urea groups is 1. The average Bonchev–Trinajstić information content (AvgIpc) is 2.82. The summed E-state index contributed by atoms with van der Waals surface area (Å²) in [5, 5.41) is 6.06. The van der Waals surface area contributed by atoms with Crippen molar-refractivity contribution in [1.82, 2.24) is 15.3 Å². The Kier molecular flexibility index (Phi) is 3.88. The summed E-state index contributed by atoms with van der Waals surface area (Å²) in [6, 6.07) is 2.44. The maximum atomic E-state index is 11.8. The second-order valence-corrected chi connectivity index (χ2v) is 4.86. The second-order valence-electron chi connectivity index (χ2n) is 4.86. The zero-order chi connectivity index (χ0) is 14.7. The van der Waals surface area contributed by atoms with Crippen LogP contribution in [0.15, 0.2) is 24.5 Å². The van der Waals surface area contributed by atoms with Crippen molar-refractivity contribution in [3.63, 3.8) is 0 Å². The Balaban J connectivity index is 2.05. The van der Waals surface area contributed by atoms with E-state index in [2.05, 4.69) is 20.6 Å². The predicted octanol–water partition coefficient (Wildman–Crippen LogP) is 1.19. The van der Waals surface area contributed by atoms with Gasteiger partial charge in [0.25, 0.3) is 0 Å². The lowest BCUT2D eigenvalue weighted by Gasteiger charge is -2.19. The number of hydrogen-bond donors (Lipinski definition) is 4. The Morgan fingerprint density at radius 3 is 2.80 bits per heavy atom. The summed E-state index contributed by atoms with van der Waals surface area (Å²) in [5.74, 6) is -0.641. The first-order valence-corrected chi connectivity index (χ1v) is 6.27. The minimum atomic E-state index is -0.709. The first kappa shape index (κ1) is 13.9. The van der Waals surface area contributed by atoms with Crippen LogP contribution < -0.4 is 16.4 Å². The fourth-order valence-corrected chi connectivity index (χ4v) is 1.88. The number of primary amides is 1. The lowest BCUT2D eigenvalue weighted by Crippen LogP contribution is -2.49. The van der Waals surface area contributed by atoms with Crippen LogP contribution in [0.1, 0.15) is 13.8 Å². The molecular weight excluding hydrogens is 258 g/mol. The molecule has 2 aromatic heterocycles. The van der Waals surface area contributed by atoms with Crippen molar-refractivity contribution in [3.05, 3.63) is 24.5 Å². The largest absolute Gasteiger partial charge is 0.368 e. The van der Waals surface area contributed by atoms with Crippen LogP contribution in [-0.4, -0.2) is 27.9 Å². The number of amides is 3. The number of hydrogen-bond acceptors (Lipinski definition) is 3. The first-order valence-electron chi connectivity index (χ1n) is 6.27. The fourth-order valence-electron chi connectivity index (χ4n) is 1.88. The van der Waals surface area contributed by atoms with E-state index in [-0.39, 0.29) is 5.92 Å². The quantitative estimate of drug-likeness (QED) is 0.672. The normalized spacial score (nSPS) is 12.3. The number of nitrogens with one attached hydrogen (secondary N) is 3. The van der Waals surface area contributed by atoms with Crippen molar-refractivity contribution < 1.29 is 9.59 Å². The number of nitrogens with two attached hydrogens (primary N) is 1. The second kappa shape index (κ2) is 5.60. The van der Waals surface area contributed by atoms with Gasteiger partial charge in [-0.15, -0.1) is 0 Å². The first-order chi connectivity index (χ1) is 9.47. The lowest BCUT2D eigenvalue weighted by molar-refractivity contribution is -0.120. The number of H-pyrrole nitrogens is 1. The number of nitrogens with zero attached hydrogens (tertiary/aromatic N) is 1. The summed E-state index contributed by atoms with van der Waals surface area (Å²) in [6.07, 6.45) is 3.30. The topological polar surface area (TPSA) is 113 Å². The maximum absolute atomic E-state index is 11.8. The van der Waals surface area contributed by atoms with Crippen molar-refractivity contribution in [1.29, 1.82) is 0 Å². The van der Waals surface area contributed by atoms with Crippen LogP contribution >= 0.6 is 0 Å². The van der Waals surface area contributed by atoms with Gasteiger partial charge in [-0.1, -0.05) is 13.8 Å². The van der Waals surface area contributed by atoms with Gasteiger partial charge < -0.3 is 21.4 Å². The van der Waals surface area contributed by atoms with Crippen LogP contribution in [0.2, 0.25) is 0 Å². The summed E-state index contributed by atoms with van der Waals surface area (Å²) < 4.78 is 0. The number of aromatic nitrogens is 2. The van der Waals surface area contributed by atoms with E-state index in [1.54, 1.807) is 12.3 Å². The van der Waals surface area contributed by atoms with E-state index in [4.69, 9.17) is 5.73 Å². The zero-order valence-corrected chi connectivity index (χ0v) is 11.3. The van der Waals surface area contributed by atoms with Crippen molar-refractivity contribution >= 4 is 28.7 Å². The number of carbonyl (C=O) groups is 2. The van der Waals surface area contributed by atoms with Crippen LogP contribution in [0.4, 0.5) is 10.5 Å². The van der Waals surface area contributed by atoms with E-state index in [1.165, 1.54) is 6.20 Å². The molecule has 7 heteroatoms. The van der Waals surface area contributed by atoms with Crippen LogP contribution in [0.25, 0.3) is 11.0 Å². The molecule has 2 aromatic rings. The highest BCUT2D eigenvalue weighted by Gasteiger charge is 2.21. The molecule has 2 rings (SSSR count). The molecule has 20 heavy (non-hydrogen) atoms. The maximum Gasteiger partial charge on any atom is 0.319 e. The minimum Gasteiger partial charge on any atom is -0.368 e. The smallest absolute Gasteiger partial charge is 0.319 e. The number of anilines is 1. The van der Waals surface area contributed by atoms with Gasteiger partial charge in [0, 0.05) is 11.6 Å². The Bertz CT molecular complexity index is 634. The highest BCUT2D eigenvalue weighted by Crippen LogP contribution is 2.14. The van der Waals surface area contributed by atoms with E-state index in [0.29, 0.717) is 5.69 Å². The van der Waals surface area contributed by atoms with Gasteiger partial charge >= 0.3 is 6.03 Å². The summed E-state index contributed by atoms with van der Waals surface area (Å²) in [7, 11) is 0. The third kappa shape index (κ3) is 3.05. The van der Waals surface area contributed by atoms with Gasteiger partial charge in [0.1, 0.15) is 11.7 Å². The Morgan fingerprint density at radius 2 is 2.15 bits per heavy atom. The van der Waals surface area contributed by atoms with Crippen molar-refractivity contribution in [2.75, 3.05) is 5.32 Å². The van der Waals surface area contributed by atoms with Gasteiger partial charge in [-0.3, -0.25) is 4.79 Å². The van der Waals surface area contributed by atoms with Gasteiger partial charge in [-0.25, -0.2) is 9.78 Å². The van der Waals surface area contributed by atoms with Crippen LogP contribution in [0, 0.1) is 5.92 Å². The third-order valence-corrected chi connectivity index (χ3v) is 2.92. The Labute approximate surface area is 115 Å². The molecular formula is C13H17N5O2. The minimum absolute atomic E-state index is 0.0801. The zero-order valence-electron chi connectivity index (χ0n) is 11.3. The summed E-state index contributed by atoms with van der Waals surface area (Å²) in [6.45, 7) is 3.62. The molecule has 106 valence electrons. The highest BCUT2D eigenvalue weighted by molar-refractivity contribution is 5.94. The van der Waals surface area contributed by atoms with E-state index in [0.717, 1.165) is 11.0 Å². The molecule has 0 fully saturated rings. The number of aromatic amines is 1.